The Hall–Kier alpha value is -1.06. The minimum atomic E-state index is -0.663. The molecule has 0 saturated heterocycles. The zero-order valence-corrected chi connectivity index (χ0v) is 32.8. The first-order valence-electron chi connectivity index (χ1n) is 22.0. The molecule has 0 spiro atoms. The van der Waals surface area contributed by atoms with Crippen LogP contribution in [0.5, 0.6) is 0 Å². The molecule has 0 amide bonds. The van der Waals surface area contributed by atoms with E-state index >= 15 is 0 Å². The van der Waals surface area contributed by atoms with Crippen molar-refractivity contribution in [3.63, 3.8) is 0 Å². The molecule has 0 bridgehead atoms. The summed E-state index contributed by atoms with van der Waals surface area (Å²) in [4.78, 5) is 23.0. The first kappa shape index (κ1) is 46.9. The van der Waals surface area contributed by atoms with E-state index in [1.165, 1.54) is 199 Å². The molecule has 286 valence electrons. The second-order valence-electron chi connectivity index (χ2n) is 15.3. The highest BCUT2D eigenvalue weighted by Crippen LogP contribution is 2.18. The van der Waals surface area contributed by atoms with Crippen LogP contribution < -0.4 is 0 Å². The number of hydrogen-bond acceptors (Lipinski definition) is 3. The number of rotatable bonds is 41. The molecule has 4 nitrogen and oxygen atoms in total. The summed E-state index contributed by atoms with van der Waals surface area (Å²) in [7, 11) is 0. The summed E-state index contributed by atoms with van der Waals surface area (Å²) in [6.07, 6.45) is 49.3. The van der Waals surface area contributed by atoms with Crippen LogP contribution in [-0.4, -0.2) is 23.1 Å². The molecule has 0 aromatic carbocycles. The largest absolute Gasteiger partial charge is 0.481 e. The number of ether oxygens (including phenoxy) is 1. The SMILES string of the molecule is CCCCCCCCCCCCCCCCCCCCCC(=O)OC(CCC)CCCCCCCCCCCCCCCCCC(=O)O. The van der Waals surface area contributed by atoms with Crippen LogP contribution >= 0.6 is 0 Å². The molecule has 0 aliphatic heterocycles. The van der Waals surface area contributed by atoms with Crippen LogP contribution in [0.1, 0.15) is 264 Å². The van der Waals surface area contributed by atoms with Gasteiger partial charge in [-0.2, -0.15) is 0 Å². The summed E-state index contributed by atoms with van der Waals surface area (Å²) in [5.41, 5.74) is 0. The summed E-state index contributed by atoms with van der Waals surface area (Å²) >= 11 is 0. The van der Waals surface area contributed by atoms with E-state index in [2.05, 4.69) is 13.8 Å². The minimum absolute atomic E-state index is 0.0381. The number of unbranched alkanes of at least 4 members (excludes halogenated alkanes) is 32. The van der Waals surface area contributed by atoms with Crippen molar-refractivity contribution in [2.75, 3.05) is 0 Å². The van der Waals surface area contributed by atoms with Gasteiger partial charge in [-0.05, 0) is 32.1 Å². The highest BCUT2D eigenvalue weighted by atomic mass is 16.5. The Morgan fingerprint density at radius 2 is 0.667 bits per heavy atom. The Bertz CT molecular complexity index is 648. The summed E-state index contributed by atoms with van der Waals surface area (Å²) in [5.74, 6) is -0.624. The van der Waals surface area contributed by atoms with Gasteiger partial charge in [-0.15, -0.1) is 0 Å². The quantitative estimate of drug-likeness (QED) is 0.0516. The Morgan fingerprint density at radius 1 is 0.375 bits per heavy atom. The van der Waals surface area contributed by atoms with E-state index in [9.17, 15) is 9.59 Å². The molecule has 0 heterocycles. The predicted octanol–water partition coefficient (Wildman–Crippen LogP) is 15.2. The Kier molecular flexibility index (Phi) is 39.5. The van der Waals surface area contributed by atoms with E-state index in [-0.39, 0.29) is 12.1 Å². The van der Waals surface area contributed by atoms with Gasteiger partial charge in [-0.3, -0.25) is 9.59 Å². The van der Waals surface area contributed by atoms with Crippen molar-refractivity contribution < 1.29 is 19.4 Å². The molecular formula is C44H86O4. The molecule has 0 aliphatic carbocycles. The topological polar surface area (TPSA) is 63.6 Å². The monoisotopic (exact) mass is 679 g/mol. The summed E-state index contributed by atoms with van der Waals surface area (Å²) in [6.45, 7) is 4.49. The maximum Gasteiger partial charge on any atom is 0.306 e. The third kappa shape index (κ3) is 39.4. The van der Waals surface area contributed by atoms with Gasteiger partial charge in [0, 0.05) is 12.8 Å². The number of carboxylic acids is 1. The van der Waals surface area contributed by atoms with Crippen LogP contribution in [0.4, 0.5) is 0 Å². The molecular weight excluding hydrogens is 592 g/mol. The molecule has 0 fully saturated rings. The van der Waals surface area contributed by atoms with Crippen molar-refractivity contribution >= 4 is 11.9 Å². The van der Waals surface area contributed by atoms with E-state index < -0.39 is 5.97 Å². The van der Waals surface area contributed by atoms with Gasteiger partial charge in [0.25, 0.3) is 0 Å². The number of carbonyl (C=O) groups excluding carboxylic acids is 1. The zero-order chi connectivity index (χ0) is 35.0. The molecule has 1 atom stereocenters. The first-order chi connectivity index (χ1) is 23.6. The first-order valence-corrected chi connectivity index (χ1v) is 22.0. The molecule has 0 aliphatic rings. The lowest BCUT2D eigenvalue weighted by atomic mass is 10.0. The Balaban J connectivity index is 3.45. The fourth-order valence-electron chi connectivity index (χ4n) is 7.12. The molecule has 0 aromatic heterocycles. The van der Waals surface area contributed by atoms with Gasteiger partial charge in [0.1, 0.15) is 6.10 Å². The Labute approximate surface area is 301 Å². The zero-order valence-electron chi connectivity index (χ0n) is 32.8. The maximum absolute atomic E-state index is 12.5. The normalized spacial score (nSPS) is 12.0. The lowest BCUT2D eigenvalue weighted by Gasteiger charge is -2.17. The van der Waals surface area contributed by atoms with Crippen molar-refractivity contribution in [1.29, 1.82) is 0 Å². The lowest BCUT2D eigenvalue weighted by Crippen LogP contribution is -2.18. The Morgan fingerprint density at radius 3 is 0.979 bits per heavy atom. The van der Waals surface area contributed by atoms with Crippen LogP contribution in [0.15, 0.2) is 0 Å². The minimum Gasteiger partial charge on any atom is -0.481 e. The fraction of sp³-hybridized carbons (Fsp3) is 0.955. The predicted molar refractivity (Wildman–Crippen MR) is 209 cm³/mol. The van der Waals surface area contributed by atoms with Crippen LogP contribution in [-0.2, 0) is 14.3 Å². The van der Waals surface area contributed by atoms with E-state index in [0.29, 0.717) is 12.8 Å². The van der Waals surface area contributed by atoms with Gasteiger partial charge >= 0.3 is 11.9 Å². The smallest absolute Gasteiger partial charge is 0.306 e. The average Bonchev–Trinajstić information content (AvgIpc) is 3.07. The van der Waals surface area contributed by atoms with E-state index in [0.717, 1.165) is 38.5 Å². The lowest BCUT2D eigenvalue weighted by molar-refractivity contribution is -0.150. The third-order valence-electron chi connectivity index (χ3n) is 10.3. The number of carboxylic acid groups (broad SMARTS) is 1. The standard InChI is InChI=1S/C44H86O4/c1-3-5-6-7-8-9-10-11-12-13-14-15-19-22-25-28-31-34-37-41-44(47)48-42(38-4-2)39-35-32-29-26-23-20-17-16-18-21-24-27-30-33-36-40-43(45)46/h42H,3-41H2,1-2H3,(H,45,46). The van der Waals surface area contributed by atoms with Gasteiger partial charge < -0.3 is 9.84 Å². The molecule has 0 rings (SSSR count). The number of esters is 1. The average molecular weight is 679 g/mol. The van der Waals surface area contributed by atoms with E-state index in [1.54, 1.807) is 0 Å². The van der Waals surface area contributed by atoms with Gasteiger partial charge in [0.15, 0.2) is 0 Å². The summed E-state index contributed by atoms with van der Waals surface area (Å²) in [6, 6.07) is 0. The molecule has 48 heavy (non-hydrogen) atoms. The molecule has 0 saturated carbocycles. The van der Waals surface area contributed by atoms with Crippen molar-refractivity contribution in [3.05, 3.63) is 0 Å². The van der Waals surface area contributed by atoms with Crippen molar-refractivity contribution in [3.8, 4) is 0 Å². The van der Waals surface area contributed by atoms with E-state index in [1.807, 2.05) is 0 Å². The summed E-state index contributed by atoms with van der Waals surface area (Å²) < 4.78 is 5.90. The second-order valence-corrected chi connectivity index (χ2v) is 15.3. The highest BCUT2D eigenvalue weighted by Gasteiger charge is 2.13. The van der Waals surface area contributed by atoms with Crippen molar-refractivity contribution in [1.82, 2.24) is 0 Å². The van der Waals surface area contributed by atoms with Gasteiger partial charge in [0.05, 0.1) is 0 Å². The number of carbonyl (C=O) groups is 2. The fourth-order valence-corrected chi connectivity index (χ4v) is 7.12. The van der Waals surface area contributed by atoms with Gasteiger partial charge in [0.2, 0.25) is 0 Å². The van der Waals surface area contributed by atoms with Crippen LogP contribution in [0.25, 0.3) is 0 Å². The van der Waals surface area contributed by atoms with Crippen LogP contribution in [0.2, 0.25) is 0 Å². The van der Waals surface area contributed by atoms with Crippen LogP contribution in [0, 0.1) is 0 Å². The molecule has 0 aromatic rings. The second kappa shape index (κ2) is 40.4. The highest BCUT2D eigenvalue weighted by molar-refractivity contribution is 5.69. The molecule has 1 N–H and O–H groups in total. The van der Waals surface area contributed by atoms with Gasteiger partial charge in [-0.1, -0.05) is 219 Å². The number of aliphatic carboxylic acids is 1. The van der Waals surface area contributed by atoms with Crippen LogP contribution in [0.3, 0.4) is 0 Å². The third-order valence-corrected chi connectivity index (χ3v) is 10.3. The van der Waals surface area contributed by atoms with Crippen molar-refractivity contribution in [2.24, 2.45) is 0 Å². The maximum atomic E-state index is 12.5. The van der Waals surface area contributed by atoms with Crippen molar-refractivity contribution in [2.45, 2.75) is 270 Å². The van der Waals surface area contributed by atoms with E-state index in [4.69, 9.17) is 9.84 Å². The number of hydrogen-bond donors (Lipinski definition) is 1. The molecule has 1 unspecified atom stereocenters. The summed E-state index contributed by atoms with van der Waals surface area (Å²) in [5, 5.41) is 8.67. The molecule has 0 radical (unpaired) electrons. The van der Waals surface area contributed by atoms with Gasteiger partial charge in [-0.25, -0.2) is 0 Å². The molecule has 4 heteroatoms.